The van der Waals surface area contributed by atoms with Crippen LogP contribution in [-0.2, 0) is 9.59 Å². The summed E-state index contributed by atoms with van der Waals surface area (Å²) in [4.78, 5) is 28.9. The minimum atomic E-state index is -0.306. The summed E-state index contributed by atoms with van der Waals surface area (Å²) in [5, 5.41) is 2.67. The predicted octanol–water partition coefficient (Wildman–Crippen LogP) is 3.12. The van der Waals surface area contributed by atoms with Crippen LogP contribution in [0, 0.1) is 0 Å². The lowest BCUT2D eigenvalue weighted by atomic mass is 9.96. The average molecular weight is 444 g/mol. The Hall–Kier alpha value is -3.64. The van der Waals surface area contributed by atoms with Gasteiger partial charge < -0.3 is 15.0 Å². The Labute approximate surface area is 194 Å². The molecule has 1 heterocycles. The molecule has 0 spiro atoms. The third-order valence-electron chi connectivity index (χ3n) is 5.81. The van der Waals surface area contributed by atoms with Crippen molar-refractivity contribution < 1.29 is 14.3 Å². The van der Waals surface area contributed by atoms with Gasteiger partial charge in [0.2, 0.25) is 5.91 Å². The van der Waals surface area contributed by atoms with Crippen LogP contribution < -0.4 is 10.1 Å². The Bertz CT molecular complexity index is 981. The average Bonchev–Trinajstić information content (AvgIpc) is 2.88. The number of ether oxygens (including phenoxy) is 1. The molecule has 1 N–H and O–H groups in total. The van der Waals surface area contributed by atoms with Gasteiger partial charge in [-0.2, -0.15) is 0 Å². The second-order valence-corrected chi connectivity index (χ2v) is 8.02. The highest BCUT2D eigenvalue weighted by atomic mass is 16.5. The molecule has 1 aliphatic rings. The van der Waals surface area contributed by atoms with Crippen LogP contribution in [0.25, 0.3) is 0 Å². The molecule has 0 saturated carbocycles. The van der Waals surface area contributed by atoms with Gasteiger partial charge in [0.05, 0.1) is 12.6 Å². The van der Waals surface area contributed by atoms with E-state index in [1.165, 1.54) is 11.1 Å². The monoisotopic (exact) mass is 443 g/mol. The first kappa shape index (κ1) is 22.6. The van der Waals surface area contributed by atoms with Gasteiger partial charge in [0.1, 0.15) is 5.75 Å². The molecular weight excluding hydrogens is 414 g/mol. The lowest BCUT2D eigenvalue weighted by molar-refractivity contribution is -0.134. The molecule has 0 atom stereocenters. The first-order valence-electron chi connectivity index (χ1n) is 11.3. The summed E-state index contributed by atoms with van der Waals surface area (Å²) in [6.45, 7) is 2.67. The van der Waals surface area contributed by atoms with Gasteiger partial charge >= 0.3 is 0 Å². The number of piperazine rings is 1. The Morgan fingerprint density at radius 3 is 1.82 bits per heavy atom. The maximum Gasteiger partial charge on any atom is 0.258 e. The Morgan fingerprint density at radius 1 is 0.758 bits per heavy atom. The minimum absolute atomic E-state index is 0.0161. The van der Waals surface area contributed by atoms with Crippen molar-refractivity contribution in [3.05, 3.63) is 102 Å². The topological polar surface area (TPSA) is 61.9 Å². The van der Waals surface area contributed by atoms with E-state index in [1.54, 1.807) is 12.1 Å². The minimum Gasteiger partial charge on any atom is -0.484 e. The molecule has 3 aromatic rings. The number of benzene rings is 3. The number of rotatable bonds is 8. The zero-order valence-corrected chi connectivity index (χ0v) is 18.6. The first-order chi connectivity index (χ1) is 16.2. The number of carbonyl (C=O) groups is 2. The van der Waals surface area contributed by atoms with Crippen LogP contribution in [0.2, 0.25) is 0 Å². The number of para-hydroxylation sites is 1. The highest BCUT2D eigenvalue weighted by Gasteiger charge is 2.28. The molecule has 0 unspecified atom stereocenters. The van der Waals surface area contributed by atoms with Crippen LogP contribution in [0.4, 0.5) is 0 Å². The molecule has 1 aliphatic heterocycles. The summed E-state index contributed by atoms with van der Waals surface area (Å²) in [5.41, 5.74) is 2.49. The number of hydrogen-bond acceptors (Lipinski definition) is 4. The van der Waals surface area contributed by atoms with E-state index in [0.717, 1.165) is 13.1 Å². The van der Waals surface area contributed by atoms with E-state index in [9.17, 15) is 9.59 Å². The fourth-order valence-corrected chi connectivity index (χ4v) is 4.12. The lowest BCUT2D eigenvalue weighted by Crippen LogP contribution is -2.52. The number of nitrogens with zero attached hydrogens (tertiary/aromatic N) is 2. The molecular formula is C27H29N3O3. The second kappa shape index (κ2) is 11.3. The first-order valence-corrected chi connectivity index (χ1v) is 11.3. The standard InChI is InChI=1S/C27H29N3O3/c31-25(21-33-24-14-8-3-9-15-24)28-20-26(32)29-16-18-30(19-17-29)27(22-10-4-1-5-11-22)23-12-6-2-7-13-23/h1-15,27H,16-21H2,(H,28,31). The van der Waals surface area contributed by atoms with Gasteiger partial charge in [-0.05, 0) is 23.3 Å². The lowest BCUT2D eigenvalue weighted by Gasteiger charge is -2.39. The van der Waals surface area contributed by atoms with Crippen molar-refractivity contribution in [1.82, 2.24) is 15.1 Å². The molecule has 1 fully saturated rings. The molecule has 0 aromatic heterocycles. The van der Waals surface area contributed by atoms with Gasteiger partial charge in [0, 0.05) is 26.2 Å². The van der Waals surface area contributed by atoms with Gasteiger partial charge in [-0.1, -0.05) is 78.9 Å². The number of nitrogens with one attached hydrogen (secondary N) is 1. The van der Waals surface area contributed by atoms with Gasteiger partial charge in [0.25, 0.3) is 5.91 Å². The van der Waals surface area contributed by atoms with Crippen molar-refractivity contribution in [2.45, 2.75) is 6.04 Å². The van der Waals surface area contributed by atoms with Crippen molar-refractivity contribution in [2.75, 3.05) is 39.3 Å². The third-order valence-corrected chi connectivity index (χ3v) is 5.81. The molecule has 0 aliphatic carbocycles. The van der Waals surface area contributed by atoms with Gasteiger partial charge in [-0.15, -0.1) is 0 Å². The van der Waals surface area contributed by atoms with Crippen LogP contribution >= 0.6 is 0 Å². The van der Waals surface area contributed by atoms with E-state index in [1.807, 2.05) is 35.2 Å². The molecule has 0 bridgehead atoms. The normalized spacial score (nSPS) is 14.2. The highest BCUT2D eigenvalue weighted by Crippen LogP contribution is 2.29. The summed E-state index contributed by atoms with van der Waals surface area (Å²) >= 11 is 0. The molecule has 4 rings (SSSR count). The maximum atomic E-state index is 12.6. The molecule has 6 nitrogen and oxygen atoms in total. The summed E-state index contributed by atoms with van der Waals surface area (Å²) in [7, 11) is 0. The van der Waals surface area contributed by atoms with E-state index < -0.39 is 0 Å². The molecule has 170 valence electrons. The second-order valence-electron chi connectivity index (χ2n) is 8.02. The molecule has 6 heteroatoms. The van der Waals surface area contributed by atoms with Crippen molar-refractivity contribution in [1.29, 1.82) is 0 Å². The van der Waals surface area contributed by atoms with E-state index in [-0.39, 0.29) is 31.0 Å². The van der Waals surface area contributed by atoms with Gasteiger partial charge in [-0.3, -0.25) is 14.5 Å². The third kappa shape index (κ3) is 6.20. The van der Waals surface area contributed by atoms with Gasteiger partial charge in [0.15, 0.2) is 6.61 Å². The highest BCUT2D eigenvalue weighted by molar-refractivity contribution is 5.85. The Morgan fingerprint density at radius 2 is 1.27 bits per heavy atom. The SMILES string of the molecule is O=C(COc1ccccc1)NCC(=O)N1CCN(C(c2ccccc2)c2ccccc2)CC1. The quantitative estimate of drug-likeness (QED) is 0.581. The van der Waals surface area contributed by atoms with Gasteiger partial charge in [-0.25, -0.2) is 0 Å². The van der Waals surface area contributed by atoms with Crippen molar-refractivity contribution >= 4 is 11.8 Å². The van der Waals surface area contributed by atoms with Crippen molar-refractivity contribution in [3.8, 4) is 5.75 Å². The molecule has 2 amide bonds. The largest absolute Gasteiger partial charge is 0.484 e. The number of hydrogen-bond donors (Lipinski definition) is 1. The van der Waals surface area contributed by atoms with Crippen LogP contribution in [0.5, 0.6) is 5.75 Å². The van der Waals surface area contributed by atoms with Crippen LogP contribution in [-0.4, -0.2) is 60.9 Å². The molecule has 3 aromatic carbocycles. The van der Waals surface area contributed by atoms with E-state index in [4.69, 9.17) is 4.74 Å². The van der Waals surface area contributed by atoms with E-state index in [0.29, 0.717) is 18.8 Å². The van der Waals surface area contributed by atoms with Crippen molar-refractivity contribution in [2.24, 2.45) is 0 Å². The van der Waals surface area contributed by atoms with Crippen LogP contribution in [0.15, 0.2) is 91.0 Å². The van der Waals surface area contributed by atoms with Crippen LogP contribution in [0.1, 0.15) is 17.2 Å². The maximum absolute atomic E-state index is 12.6. The zero-order valence-electron chi connectivity index (χ0n) is 18.6. The summed E-state index contributed by atoms with van der Waals surface area (Å²) in [6.07, 6.45) is 0. The number of amides is 2. The summed E-state index contributed by atoms with van der Waals surface area (Å²) in [5.74, 6) is 0.249. The molecule has 33 heavy (non-hydrogen) atoms. The summed E-state index contributed by atoms with van der Waals surface area (Å²) < 4.78 is 5.43. The van der Waals surface area contributed by atoms with E-state index in [2.05, 4.69) is 58.7 Å². The zero-order chi connectivity index (χ0) is 22.9. The summed E-state index contributed by atoms with van der Waals surface area (Å²) in [6, 6.07) is 30.2. The van der Waals surface area contributed by atoms with E-state index >= 15 is 0 Å². The Balaban J connectivity index is 1.28. The predicted molar refractivity (Wildman–Crippen MR) is 128 cm³/mol. The van der Waals surface area contributed by atoms with Crippen molar-refractivity contribution in [3.63, 3.8) is 0 Å². The molecule has 0 radical (unpaired) electrons. The fraction of sp³-hybridized carbons (Fsp3) is 0.259. The van der Waals surface area contributed by atoms with Crippen LogP contribution in [0.3, 0.4) is 0 Å². The number of carbonyl (C=O) groups excluding carboxylic acids is 2. The smallest absolute Gasteiger partial charge is 0.258 e. The molecule has 1 saturated heterocycles. The fourth-order valence-electron chi connectivity index (χ4n) is 4.12. The Kier molecular flexibility index (Phi) is 7.72.